The highest BCUT2D eigenvalue weighted by Gasteiger charge is 2.00. The molecule has 0 fully saturated rings. The summed E-state index contributed by atoms with van der Waals surface area (Å²) in [4.78, 5) is 12.9. The van der Waals surface area contributed by atoms with Crippen molar-refractivity contribution in [1.82, 2.24) is 10.8 Å². The van der Waals surface area contributed by atoms with Gasteiger partial charge >= 0.3 is 0 Å². The molecule has 0 saturated heterocycles. The van der Waals surface area contributed by atoms with Crippen molar-refractivity contribution < 1.29 is 10.0 Å². The van der Waals surface area contributed by atoms with Crippen molar-refractivity contribution in [2.45, 2.75) is 6.42 Å². The maximum Gasteiger partial charge on any atom is 0.257 e. The highest BCUT2D eigenvalue weighted by molar-refractivity contribution is 5.76. The second kappa shape index (κ2) is 7.65. The molecular formula is C12H19N3O2. The third-order valence-electron chi connectivity index (χ3n) is 2.45. The Morgan fingerprint density at radius 1 is 1.35 bits per heavy atom. The Morgan fingerprint density at radius 3 is 2.71 bits per heavy atom. The number of benzene rings is 1. The van der Waals surface area contributed by atoms with E-state index < -0.39 is 5.91 Å². The number of nitrogens with zero attached hydrogens (tertiary/aromatic N) is 1. The molecule has 0 radical (unpaired) electrons. The fraction of sp³-hybridized carbons (Fsp3) is 0.417. The van der Waals surface area contributed by atoms with Crippen LogP contribution in [0.25, 0.3) is 0 Å². The van der Waals surface area contributed by atoms with E-state index >= 15 is 0 Å². The Kier molecular flexibility index (Phi) is 6.06. The van der Waals surface area contributed by atoms with Crippen LogP contribution in [0, 0.1) is 0 Å². The molecule has 0 aliphatic rings. The van der Waals surface area contributed by atoms with Crippen LogP contribution in [-0.2, 0) is 4.79 Å². The van der Waals surface area contributed by atoms with Gasteiger partial charge in [0.1, 0.15) is 0 Å². The average Bonchev–Trinajstić information content (AvgIpc) is 2.38. The van der Waals surface area contributed by atoms with Crippen LogP contribution >= 0.6 is 0 Å². The summed E-state index contributed by atoms with van der Waals surface area (Å²) in [6, 6.07) is 10.1. The molecular weight excluding hydrogens is 218 g/mol. The molecule has 1 rings (SSSR count). The predicted molar refractivity (Wildman–Crippen MR) is 67.1 cm³/mol. The Morgan fingerprint density at radius 2 is 2.06 bits per heavy atom. The van der Waals surface area contributed by atoms with Crippen molar-refractivity contribution in [2.75, 3.05) is 31.6 Å². The van der Waals surface area contributed by atoms with Crippen molar-refractivity contribution in [3.63, 3.8) is 0 Å². The third-order valence-corrected chi connectivity index (χ3v) is 2.45. The second-order valence-electron chi connectivity index (χ2n) is 3.82. The van der Waals surface area contributed by atoms with Crippen molar-refractivity contribution >= 4 is 11.6 Å². The van der Waals surface area contributed by atoms with Crippen LogP contribution in [0.3, 0.4) is 0 Å². The molecule has 5 nitrogen and oxygen atoms in total. The first kappa shape index (κ1) is 13.5. The number of para-hydroxylation sites is 1. The molecule has 0 bridgehead atoms. The van der Waals surface area contributed by atoms with Crippen molar-refractivity contribution in [3.8, 4) is 0 Å². The Hall–Kier alpha value is -1.59. The molecule has 0 aromatic heterocycles. The van der Waals surface area contributed by atoms with E-state index in [1.165, 1.54) is 5.69 Å². The number of rotatable bonds is 7. The van der Waals surface area contributed by atoms with Gasteiger partial charge in [-0.25, -0.2) is 5.48 Å². The van der Waals surface area contributed by atoms with E-state index in [0.29, 0.717) is 0 Å². The molecule has 0 spiro atoms. The van der Waals surface area contributed by atoms with Gasteiger partial charge in [0.25, 0.3) is 5.91 Å². The van der Waals surface area contributed by atoms with E-state index in [1.807, 2.05) is 25.2 Å². The van der Waals surface area contributed by atoms with Crippen molar-refractivity contribution in [2.24, 2.45) is 0 Å². The summed E-state index contributed by atoms with van der Waals surface area (Å²) >= 11 is 0. The summed E-state index contributed by atoms with van der Waals surface area (Å²) in [5.74, 6) is -0.415. The van der Waals surface area contributed by atoms with E-state index in [-0.39, 0.29) is 6.54 Å². The molecule has 0 saturated carbocycles. The molecule has 0 aliphatic carbocycles. The molecule has 0 aliphatic heterocycles. The fourth-order valence-electron chi connectivity index (χ4n) is 1.49. The molecule has 1 aromatic carbocycles. The van der Waals surface area contributed by atoms with Gasteiger partial charge in [-0.15, -0.1) is 0 Å². The Labute approximate surface area is 101 Å². The number of anilines is 1. The monoisotopic (exact) mass is 237 g/mol. The largest absolute Gasteiger partial charge is 0.375 e. The van der Waals surface area contributed by atoms with Gasteiger partial charge in [0, 0.05) is 19.3 Å². The number of amides is 1. The van der Waals surface area contributed by atoms with Crippen LogP contribution in [0.5, 0.6) is 0 Å². The molecule has 1 aromatic rings. The minimum atomic E-state index is -0.415. The minimum absolute atomic E-state index is 0.144. The molecule has 0 heterocycles. The maximum atomic E-state index is 10.7. The highest BCUT2D eigenvalue weighted by Crippen LogP contribution is 2.10. The molecule has 0 atom stereocenters. The first-order chi connectivity index (χ1) is 8.24. The fourth-order valence-corrected chi connectivity index (χ4v) is 1.49. The SMILES string of the molecule is CN(CCCNCC(=O)NO)c1ccccc1. The Bertz CT molecular complexity index is 330. The molecule has 3 N–H and O–H groups in total. The lowest BCUT2D eigenvalue weighted by molar-refractivity contribution is -0.128. The van der Waals surface area contributed by atoms with E-state index in [4.69, 9.17) is 5.21 Å². The van der Waals surface area contributed by atoms with Crippen LogP contribution in [0.2, 0.25) is 0 Å². The van der Waals surface area contributed by atoms with Gasteiger partial charge < -0.3 is 10.2 Å². The Balaban J connectivity index is 2.13. The van der Waals surface area contributed by atoms with Crippen molar-refractivity contribution in [1.29, 1.82) is 0 Å². The molecule has 1 amide bonds. The van der Waals surface area contributed by atoms with Gasteiger partial charge in [-0.1, -0.05) is 18.2 Å². The van der Waals surface area contributed by atoms with E-state index in [1.54, 1.807) is 5.48 Å². The van der Waals surface area contributed by atoms with Gasteiger partial charge in [-0.2, -0.15) is 0 Å². The van der Waals surface area contributed by atoms with Crippen LogP contribution in [0.4, 0.5) is 5.69 Å². The first-order valence-corrected chi connectivity index (χ1v) is 5.64. The summed E-state index contributed by atoms with van der Waals surface area (Å²) in [6.07, 6.45) is 0.935. The summed E-state index contributed by atoms with van der Waals surface area (Å²) in [5.41, 5.74) is 2.76. The molecule has 94 valence electrons. The summed E-state index contributed by atoms with van der Waals surface area (Å²) in [6.45, 7) is 1.80. The normalized spacial score (nSPS) is 10.0. The zero-order chi connectivity index (χ0) is 12.5. The van der Waals surface area contributed by atoms with Crippen LogP contribution < -0.4 is 15.7 Å². The lowest BCUT2D eigenvalue weighted by Gasteiger charge is -2.19. The second-order valence-corrected chi connectivity index (χ2v) is 3.82. The van der Waals surface area contributed by atoms with Gasteiger partial charge in [0.05, 0.1) is 6.54 Å². The van der Waals surface area contributed by atoms with E-state index in [2.05, 4.69) is 22.3 Å². The minimum Gasteiger partial charge on any atom is -0.375 e. The van der Waals surface area contributed by atoms with Gasteiger partial charge in [-0.3, -0.25) is 10.0 Å². The molecule has 17 heavy (non-hydrogen) atoms. The third kappa shape index (κ3) is 5.33. The molecule has 0 unspecified atom stereocenters. The number of hydrogen-bond acceptors (Lipinski definition) is 4. The van der Waals surface area contributed by atoms with Crippen LogP contribution in [0.15, 0.2) is 30.3 Å². The van der Waals surface area contributed by atoms with E-state index in [9.17, 15) is 4.79 Å². The summed E-state index contributed by atoms with van der Waals surface area (Å²) in [7, 11) is 2.04. The average molecular weight is 237 g/mol. The van der Waals surface area contributed by atoms with Gasteiger partial charge in [0.2, 0.25) is 0 Å². The standard InChI is InChI=1S/C12H19N3O2/c1-15(11-6-3-2-4-7-11)9-5-8-13-10-12(16)14-17/h2-4,6-7,13,17H,5,8-10H2,1H3,(H,14,16). The zero-order valence-electron chi connectivity index (χ0n) is 10.0. The number of carbonyl (C=O) groups is 1. The number of carbonyl (C=O) groups excluding carboxylic acids is 1. The lowest BCUT2D eigenvalue weighted by Crippen LogP contribution is -2.33. The number of nitrogens with one attached hydrogen (secondary N) is 2. The van der Waals surface area contributed by atoms with E-state index in [0.717, 1.165) is 19.5 Å². The topological polar surface area (TPSA) is 64.6 Å². The van der Waals surface area contributed by atoms with Crippen LogP contribution in [0.1, 0.15) is 6.42 Å². The number of hydrogen-bond donors (Lipinski definition) is 3. The lowest BCUT2D eigenvalue weighted by atomic mass is 10.3. The first-order valence-electron chi connectivity index (χ1n) is 5.64. The van der Waals surface area contributed by atoms with Gasteiger partial charge in [0.15, 0.2) is 0 Å². The smallest absolute Gasteiger partial charge is 0.257 e. The summed E-state index contributed by atoms with van der Waals surface area (Å²) < 4.78 is 0. The van der Waals surface area contributed by atoms with Gasteiger partial charge in [-0.05, 0) is 25.1 Å². The zero-order valence-corrected chi connectivity index (χ0v) is 10.0. The number of hydroxylamine groups is 1. The molecule has 5 heteroatoms. The van der Waals surface area contributed by atoms with Crippen molar-refractivity contribution in [3.05, 3.63) is 30.3 Å². The quantitative estimate of drug-likeness (QED) is 0.369. The van der Waals surface area contributed by atoms with Crippen LogP contribution in [-0.4, -0.2) is 37.8 Å². The highest BCUT2D eigenvalue weighted by atomic mass is 16.5. The predicted octanol–water partition coefficient (Wildman–Crippen LogP) is 0.608. The summed E-state index contributed by atoms with van der Waals surface area (Å²) in [5, 5.41) is 11.2. The maximum absolute atomic E-state index is 10.7.